The van der Waals surface area contributed by atoms with Gasteiger partial charge in [-0.3, -0.25) is 9.08 Å². The lowest BCUT2D eigenvalue weighted by molar-refractivity contribution is 0.691. The number of hydrogen-bond donors (Lipinski definition) is 0. The zero-order chi connectivity index (χ0) is 20.3. The topological polar surface area (TPSA) is 62.1 Å². The molecule has 1 aromatic carbocycles. The van der Waals surface area contributed by atoms with Crippen molar-refractivity contribution in [2.75, 3.05) is 11.4 Å². The summed E-state index contributed by atoms with van der Waals surface area (Å²) in [7, 11) is 2.01. The van der Waals surface area contributed by atoms with Gasteiger partial charge in [0.25, 0.3) is 0 Å². The van der Waals surface area contributed by atoms with Gasteiger partial charge < -0.3 is 4.90 Å². The van der Waals surface area contributed by atoms with Crippen molar-refractivity contribution in [1.82, 2.24) is 19.2 Å². The van der Waals surface area contributed by atoms with E-state index in [-0.39, 0.29) is 6.04 Å². The number of nitriles is 1. The summed E-state index contributed by atoms with van der Waals surface area (Å²) >= 11 is 0. The fourth-order valence-corrected chi connectivity index (χ4v) is 4.90. The molecule has 6 heteroatoms. The Balaban J connectivity index is 1.79. The smallest absolute Gasteiger partial charge is 0.157 e. The van der Waals surface area contributed by atoms with Crippen LogP contribution in [0.15, 0.2) is 30.3 Å². The Kier molecular flexibility index (Phi) is 3.88. The van der Waals surface area contributed by atoms with Gasteiger partial charge in [-0.25, -0.2) is 4.98 Å². The predicted molar refractivity (Wildman–Crippen MR) is 114 cm³/mol. The largest absolute Gasteiger partial charge is 0.350 e. The molecule has 1 atom stereocenters. The molecule has 1 fully saturated rings. The lowest BCUT2D eigenvalue weighted by Crippen LogP contribution is -2.26. The maximum Gasteiger partial charge on any atom is 0.157 e. The van der Waals surface area contributed by atoms with Crippen molar-refractivity contribution in [2.24, 2.45) is 7.05 Å². The van der Waals surface area contributed by atoms with Crippen LogP contribution >= 0.6 is 0 Å². The maximum atomic E-state index is 9.78. The van der Waals surface area contributed by atoms with E-state index in [1.807, 2.05) is 36.9 Å². The number of fused-ring (bicyclic) bond motifs is 3. The molecule has 4 heterocycles. The molecule has 6 nitrogen and oxygen atoms in total. The number of pyridine rings is 1. The molecule has 0 spiro atoms. The first kappa shape index (κ1) is 17.7. The van der Waals surface area contributed by atoms with E-state index in [0.717, 1.165) is 53.1 Å². The molecule has 5 rings (SSSR count). The number of nitrogens with zero attached hydrogens (tertiary/aromatic N) is 6. The standard InChI is InChI=1S/C23H24N6/c1-14-12-21(28-11-7-10-20(28)22-15(2)26-27(4)16(22)3)29-19-9-6-5-8-18(19)25-23(29)17(14)13-24/h5-6,8-9,12,20H,7,10-11H2,1-4H3. The van der Waals surface area contributed by atoms with Crippen LogP contribution in [0.4, 0.5) is 5.82 Å². The first-order valence-electron chi connectivity index (χ1n) is 10.1. The lowest BCUT2D eigenvalue weighted by Gasteiger charge is -2.29. The second kappa shape index (κ2) is 6.35. The number of anilines is 1. The maximum absolute atomic E-state index is 9.78. The number of rotatable bonds is 2. The molecule has 0 amide bonds. The number of para-hydroxylation sites is 2. The Hall–Kier alpha value is -3.33. The molecule has 0 bridgehead atoms. The summed E-state index contributed by atoms with van der Waals surface area (Å²) in [5.74, 6) is 1.11. The second-order valence-electron chi connectivity index (χ2n) is 7.99. The summed E-state index contributed by atoms with van der Waals surface area (Å²) in [6.07, 6.45) is 2.23. The molecule has 0 aliphatic carbocycles. The van der Waals surface area contributed by atoms with Crippen LogP contribution < -0.4 is 4.90 Å². The van der Waals surface area contributed by atoms with E-state index in [2.05, 4.69) is 46.4 Å². The fraction of sp³-hybridized carbons (Fsp3) is 0.348. The number of hydrogen-bond acceptors (Lipinski definition) is 4. The van der Waals surface area contributed by atoms with E-state index in [4.69, 9.17) is 4.98 Å². The molecule has 0 saturated carbocycles. The molecule has 4 aromatic rings. The van der Waals surface area contributed by atoms with Crippen molar-refractivity contribution < 1.29 is 0 Å². The van der Waals surface area contributed by atoms with Crippen LogP contribution in [-0.2, 0) is 7.05 Å². The number of aryl methyl sites for hydroxylation is 3. The highest BCUT2D eigenvalue weighted by molar-refractivity contribution is 5.85. The molecule has 0 N–H and O–H groups in total. The van der Waals surface area contributed by atoms with Gasteiger partial charge in [-0.05, 0) is 57.4 Å². The Morgan fingerprint density at radius 1 is 1.17 bits per heavy atom. The summed E-state index contributed by atoms with van der Waals surface area (Å²) in [4.78, 5) is 7.29. The van der Waals surface area contributed by atoms with Crippen molar-refractivity contribution in [3.63, 3.8) is 0 Å². The van der Waals surface area contributed by atoms with Gasteiger partial charge in [-0.2, -0.15) is 10.4 Å². The van der Waals surface area contributed by atoms with Gasteiger partial charge in [0.1, 0.15) is 11.9 Å². The van der Waals surface area contributed by atoms with Gasteiger partial charge in [0.15, 0.2) is 5.65 Å². The zero-order valence-electron chi connectivity index (χ0n) is 17.3. The van der Waals surface area contributed by atoms with Gasteiger partial charge >= 0.3 is 0 Å². The summed E-state index contributed by atoms with van der Waals surface area (Å²) in [6, 6.07) is 12.9. The summed E-state index contributed by atoms with van der Waals surface area (Å²) < 4.78 is 4.15. The van der Waals surface area contributed by atoms with Gasteiger partial charge in [0.05, 0.1) is 28.3 Å². The molecule has 1 aliphatic rings. The van der Waals surface area contributed by atoms with E-state index in [1.54, 1.807) is 0 Å². The SMILES string of the molecule is Cc1cc(N2CCCC2c2c(C)nn(C)c2C)n2c(nc3ccccc32)c1C#N. The molecular weight excluding hydrogens is 360 g/mol. The fourth-order valence-electron chi connectivity index (χ4n) is 4.90. The van der Waals surface area contributed by atoms with Crippen LogP contribution in [0.2, 0.25) is 0 Å². The van der Waals surface area contributed by atoms with Crippen molar-refractivity contribution in [1.29, 1.82) is 5.26 Å². The minimum absolute atomic E-state index is 0.278. The van der Waals surface area contributed by atoms with Gasteiger partial charge in [0.2, 0.25) is 0 Å². The monoisotopic (exact) mass is 384 g/mol. The average Bonchev–Trinajstić information content (AvgIpc) is 3.38. The summed E-state index contributed by atoms with van der Waals surface area (Å²) in [6.45, 7) is 7.24. The molecule has 146 valence electrons. The predicted octanol–water partition coefficient (Wildman–Crippen LogP) is 4.36. The van der Waals surface area contributed by atoms with Gasteiger partial charge in [-0.1, -0.05) is 12.1 Å². The Bertz CT molecular complexity index is 1300. The molecule has 1 aliphatic heterocycles. The minimum atomic E-state index is 0.278. The molecule has 0 radical (unpaired) electrons. The molecule has 1 saturated heterocycles. The molecule has 1 unspecified atom stereocenters. The van der Waals surface area contributed by atoms with Gasteiger partial charge in [-0.15, -0.1) is 0 Å². The van der Waals surface area contributed by atoms with Crippen LogP contribution in [0.1, 0.15) is 47.0 Å². The van der Waals surface area contributed by atoms with Gasteiger partial charge in [0, 0.05) is 24.8 Å². The number of imidazole rings is 1. The summed E-state index contributed by atoms with van der Waals surface area (Å²) in [5, 5.41) is 14.4. The van der Waals surface area contributed by atoms with Crippen LogP contribution in [0.5, 0.6) is 0 Å². The third-order valence-corrected chi connectivity index (χ3v) is 6.31. The lowest BCUT2D eigenvalue weighted by atomic mass is 10.0. The highest BCUT2D eigenvalue weighted by Crippen LogP contribution is 2.40. The van der Waals surface area contributed by atoms with E-state index < -0.39 is 0 Å². The molecular formula is C23H24N6. The Labute approximate surface area is 170 Å². The van der Waals surface area contributed by atoms with Crippen LogP contribution in [0.25, 0.3) is 16.7 Å². The van der Waals surface area contributed by atoms with Crippen LogP contribution in [0.3, 0.4) is 0 Å². The van der Waals surface area contributed by atoms with Crippen LogP contribution in [0, 0.1) is 32.1 Å². The number of benzene rings is 1. The quantitative estimate of drug-likeness (QED) is 0.515. The first-order valence-corrected chi connectivity index (χ1v) is 10.1. The van der Waals surface area contributed by atoms with Crippen molar-refractivity contribution >= 4 is 22.5 Å². The highest BCUT2D eigenvalue weighted by atomic mass is 15.3. The van der Waals surface area contributed by atoms with Crippen molar-refractivity contribution in [3.05, 3.63) is 58.4 Å². The number of aromatic nitrogens is 4. The second-order valence-corrected chi connectivity index (χ2v) is 7.99. The third-order valence-electron chi connectivity index (χ3n) is 6.31. The normalized spacial score (nSPS) is 16.8. The highest BCUT2D eigenvalue weighted by Gasteiger charge is 2.32. The third kappa shape index (κ3) is 2.47. The van der Waals surface area contributed by atoms with E-state index in [1.165, 1.54) is 11.3 Å². The first-order chi connectivity index (χ1) is 14.0. The van der Waals surface area contributed by atoms with Crippen molar-refractivity contribution in [3.8, 4) is 6.07 Å². The Morgan fingerprint density at radius 3 is 2.69 bits per heavy atom. The van der Waals surface area contributed by atoms with Crippen LogP contribution in [-0.4, -0.2) is 25.7 Å². The van der Waals surface area contributed by atoms with E-state index >= 15 is 0 Å². The molecule has 3 aromatic heterocycles. The zero-order valence-corrected chi connectivity index (χ0v) is 17.3. The van der Waals surface area contributed by atoms with E-state index in [0.29, 0.717) is 5.56 Å². The Morgan fingerprint density at radius 2 is 1.97 bits per heavy atom. The van der Waals surface area contributed by atoms with E-state index in [9.17, 15) is 5.26 Å². The minimum Gasteiger partial charge on any atom is -0.350 e. The average molecular weight is 384 g/mol. The summed E-state index contributed by atoms with van der Waals surface area (Å²) in [5.41, 5.74) is 7.96. The molecule has 29 heavy (non-hydrogen) atoms. The van der Waals surface area contributed by atoms with Crippen molar-refractivity contribution in [2.45, 2.75) is 39.7 Å².